The summed E-state index contributed by atoms with van der Waals surface area (Å²) in [5.74, 6) is 1.41. The number of carbonyl (C=O) groups excluding carboxylic acids is 1. The summed E-state index contributed by atoms with van der Waals surface area (Å²) < 4.78 is 18.5. The molecule has 1 aromatic carbocycles. The van der Waals surface area contributed by atoms with Crippen LogP contribution in [-0.2, 0) is 6.54 Å². The number of thiazole rings is 1. The van der Waals surface area contributed by atoms with Gasteiger partial charge in [0.1, 0.15) is 5.76 Å². The van der Waals surface area contributed by atoms with Gasteiger partial charge in [-0.05, 0) is 13.8 Å². The van der Waals surface area contributed by atoms with Crippen LogP contribution < -0.4 is 14.3 Å². The SMILES string of the molecule is CCn1c(=NC(=O)c2cc(C)on2)sc2cc(OC)c(OC)cc21. The Morgan fingerprint density at radius 1 is 1.29 bits per heavy atom. The Hall–Kier alpha value is -2.61. The topological polar surface area (TPSA) is 78.9 Å². The van der Waals surface area contributed by atoms with E-state index in [9.17, 15) is 4.79 Å². The molecule has 2 aromatic heterocycles. The Kier molecular flexibility index (Phi) is 4.39. The van der Waals surface area contributed by atoms with Crippen molar-refractivity contribution >= 4 is 27.5 Å². The summed E-state index contributed by atoms with van der Waals surface area (Å²) in [5.41, 5.74) is 1.13. The predicted octanol–water partition coefficient (Wildman–Crippen LogP) is 2.78. The smallest absolute Gasteiger partial charge is 0.301 e. The third kappa shape index (κ3) is 2.80. The van der Waals surface area contributed by atoms with Crippen LogP contribution in [0.15, 0.2) is 27.7 Å². The Morgan fingerprint density at radius 3 is 2.58 bits per heavy atom. The molecule has 0 N–H and O–H groups in total. The van der Waals surface area contributed by atoms with E-state index < -0.39 is 5.91 Å². The van der Waals surface area contributed by atoms with Crippen molar-refractivity contribution in [3.63, 3.8) is 0 Å². The van der Waals surface area contributed by atoms with E-state index >= 15 is 0 Å². The predicted molar refractivity (Wildman–Crippen MR) is 89.7 cm³/mol. The van der Waals surface area contributed by atoms with Crippen LogP contribution in [0.2, 0.25) is 0 Å². The maximum atomic E-state index is 12.3. The largest absolute Gasteiger partial charge is 0.493 e. The van der Waals surface area contributed by atoms with Gasteiger partial charge in [0, 0.05) is 24.7 Å². The third-order valence-electron chi connectivity index (χ3n) is 3.55. The van der Waals surface area contributed by atoms with Gasteiger partial charge in [-0.2, -0.15) is 4.99 Å². The van der Waals surface area contributed by atoms with Crippen molar-refractivity contribution in [2.75, 3.05) is 14.2 Å². The molecule has 0 saturated carbocycles. The standard InChI is InChI=1S/C16H17N3O4S/c1-5-19-11-7-12(21-3)13(22-4)8-14(11)24-16(19)17-15(20)10-6-9(2)23-18-10/h6-8H,5H2,1-4H3. The van der Waals surface area contributed by atoms with Gasteiger partial charge in [0.15, 0.2) is 22.0 Å². The number of aromatic nitrogens is 2. The molecule has 8 heteroatoms. The highest BCUT2D eigenvalue weighted by Gasteiger charge is 2.14. The average Bonchev–Trinajstić information content (AvgIpc) is 3.16. The fourth-order valence-electron chi connectivity index (χ4n) is 2.40. The first-order valence-electron chi connectivity index (χ1n) is 7.35. The van der Waals surface area contributed by atoms with Gasteiger partial charge in [-0.1, -0.05) is 16.5 Å². The van der Waals surface area contributed by atoms with Gasteiger partial charge in [-0.3, -0.25) is 4.79 Å². The molecule has 0 aliphatic heterocycles. The van der Waals surface area contributed by atoms with Crippen LogP contribution in [0.25, 0.3) is 10.2 Å². The fourth-order valence-corrected chi connectivity index (χ4v) is 3.50. The molecule has 0 radical (unpaired) electrons. The number of aryl methyl sites for hydroxylation is 2. The van der Waals surface area contributed by atoms with Crippen molar-refractivity contribution in [3.8, 4) is 11.5 Å². The van der Waals surface area contributed by atoms with Gasteiger partial charge in [0.25, 0.3) is 0 Å². The fraction of sp³-hybridized carbons (Fsp3) is 0.312. The molecule has 24 heavy (non-hydrogen) atoms. The van der Waals surface area contributed by atoms with Crippen molar-refractivity contribution < 1.29 is 18.8 Å². The molecule has 2 heterocycles. The first-order valence-corrected chi connectivity index (χ1v) is 8.16. The van der Waals surface area contributed by atoms with Gasteiger partial charge in [-0.25, -0.2) is 0 Å². The third-order valence-corrected chi connectivity index (χ3v) is 4.59. The highest BCUT2D eigenvalue weighted by Crippen LogP contribution is 2.33. The first kappa shape index (κ1) is 16.3. The number of methoxy groups -OCH3 is 2. The van der Waals surface area contributed by atoms with Gasteiger partial charge in [0.2, 0.25) is 0 Å². The number of benzene rings is 1. The lowest BCUT2D eigenvalue weighted by atomic mass is 10.3. The summed E-state index contributed by atoms with van der Waals surface area (Å²) in [6.07, 6.45) is 0. The molecular formula is C16H17N3O4S. The molecule has 126 valence electrons. The molecule has 0 atom stereocenters. The van der Waals surface area contributed by atoms with Crippen molar-refractivity contribution in [2.24, 2.45) is 4.99 Å². The van der Waals surface area contributed by atoms with Crippen molar-refractivity contribution in [3.05, 3.63) is 34.5 Å². The molecule has 1 amide bonds. The zero-order valence-electron chi connectivity index (χ0n) is 13.8. The van der Waals surface area contributed by atoms with Gasteiger partial charge in [0.05, 0.1) is 24.4 Å². The quantitative estimate of drug-likeness (QED) is 0.725. The van der Waals surface area contributed by atoms with E-state index in [-0.39, 0.29) is 5.69 Å². The normalized spacial score (nSPS) is 11.9. The van der Waals surface area contributed by atoms with E-state index in [0.29, 0.717) is 28.6 Å². The van der Waals surface area contributed by atoms with Crippen LogP contribution >= 0.6 is 11.3 Å². The average molecular weight is 347 g/mol. The maximum absolute atomic E-state index is 12.3. The summed E-state index contributed by atoms with van der Waals surface area (Å²) in [5, 5.41) is 3.71. The maximum Gasteiger partial charge on any atom is 0.301 e. The van der Waals surface area contributed by atoms with Crippen LogP contribution in [-0.4, -0.2) is 29.9 Å². The molecule has 0 bridgehead atoms. The van der Waals surface area contributed by atoms with E-state index in [1.807, 2.05) is 23.6 Å². The highest BCUT2D eigenvalue weighted by atomic mass is 32.1. The minimum Gasteiger partial charge on any atom is -0.493 e. The molecule has 7 nitrogen and oxygen atoms in total. The molecule has 0 saturated heterocycles. The number of hydrogen-bond acceptors (Lipinski definition) is 6. The van der Waals surface area contributed by atoms with E-state index in [2.05, 4.69) is 10.1 Å². The summed E-state index contributed by atoms with van der Waals surface area (Å²) in [6.45, 7) is 4.39. The van der Waals surface area contributed by atoms with E-state index in [1.54, 1.807) is 27.2 Å². The molecule has 0 aliphatic carbocycles. The number of nitrogens with zero attached hydrogens (tertiary/aromatic N) is 3. The molecule has 3 aromatic rings. The summed E-state index contributed by atoms with van der Waals surface area (Å²) in [6, 6.07) is 5.34. The van der Waals surface area contributed by atoms with Crippen molar-refractivity contribution in [1.29, 1.82) is 0 Å². The second-order valence-corrected chi connectivity index (χ2v) is 6.05. The summed E-state index contributed by atoms with van der Waals surface area (Å²) in [4.78, 5) is 17.1. The van der Waals surface area contributed by atoms with Crippen LogP contribution in [0.1, 0.15) is 23.2 Å². The molecule has 3 rings (SSSR count). The Balaban J connectivity index is 2.17. The minimum absolute atomic E-state index is 0.197. The van der Waals surface area contributed by atoms with Crippen molar-refractivity contribution in [1.82, 2.24) is 9.72 Å². The lowest BCUT2D eigenvalue weighted by Gasteiger charge is -2.08. The van der Waals surface area contributed by atoms with E-state index in [0.717, 1.165) is 10.2 Å². The van der Waals surface area contributed by atoms with Crippen LogP contribution in [0.5, 0.6) is 11.5 Å². The van der Waals surface area contributed by atoms with E-state index in [1.165, 1.54) is 11.3 Å². The van der Waals surface area contributed by atoms with Gasteiger partial charge >= 0.3 is 5.91 Å². The monoisotopic (exact) mass is 347 g/mol. The minimum atomic E-state index is -0.431. The molecular weight excluding hydrogens is 330 g/mol. The Labute approximate surface area is 142 Å². The van der Waals surface area contributed by atoms with Crippen LogP contribution in [0.4, 0.5) is 0 Å². The summed E-state index contributed by atoms with van der Waals surface area (Å²) in [7, 11) is 3.18. The Morgan fingerprint density at radius 2 is 2.00 bits per heavy atom. The number of fused-ring (bicyclic) bond motifs is 1. The molecule has 0 fully saturated rings. The second kappa shape index (κ2) is 6.48. The lowest BCUT2D eigenvalue weighted by Crippen LogP contribution is -2.16. The van der Waals surface area contributed by atoms with Gasteiger partial charge < -0.3 is 18.6 Å². The molecule has 0 unspecified atom stereocenters. The van der Waals surface area contributed by atoms with Crippen molar-refractivity contribution in [2.45, 2.75) is 20.4 Å². The molecule has 0 spiro atoms. The second-order valence-electron chi connectivity index (χ2n) is 5.04. The summed E-state index contributed by atoms with van der Waals surface area (Å²) >= 11 is 1.41. The molecule has 0 aliphatic rings. The van der Waals surface area contributed by atoms with E-state index in [4.69, 9.17) is 14.0 Å². The number of rotatable bonds is 4. The number of carbonyl (C=O) groups is 1. The number of ether oxygens (including phenoxy) is 2. The first-order chi connectivity index (χ1) is 11.6. The highest BCUT2D eigenvalue weighted by molar-refractivity contribution is 7.16. The zero-order chi connectivity index (χ0) is 17.3. The lowest BCUT2D eigenvalue weighted by molar-refractivity contribution is 0.0989. The Bertz CT molecular complexity index is 968. The van der Waals surface area contributed by atoms with Crippen LogP contribution in [0.3, 0.4) is 0 Å². The van der Waals surface area contributed by atoms with Gasteiger partial charge in [-0.15, -0.1) is 0 Å². The zero-order valence-corrected chi connectivity index (χ0v) is 14.6. The number of amides is 1. The van der Waals surface area contributed by atoms with Crippen LogP contribution in [0, 0.1) is 6.92 Å². The number of hydrogen-bond donors (Lipinski definition) is 0.